The van der Waals surface area contributed by atoms with E-state index in [1.807, 2.05) is 24.2 Å². The van der Waals surface area contributed by atoms with Crippen molar-refractivity contribution in [3.63, 3.8) is 0 Å². The lowest BCUT2D eigenvalue weighted by Crippen LogP contribution is -2.20. The van der Waals surface area contributed by atoms with Crippen LogP contribution in [0.3, 0.4) is 0 Å². The number of sulfonamides is 1. The van der Waals surface area contributed by atoms with Gasteiger partial charge in [0.1, 0.15) is 5.84 Å². The highest BCUT2D eigenvalue weighted by atomic mass is 32.2. The van der Waals surface area contributed by atoms with E-state index in [9.17, 15) is 13.2 Å². The molecule has 3 rings (SSSR count). The lowest BCUT2D eigenvalue weighted by molar-refractivity contribution is -0.116. The van der Waals surface area contributed by atoms with Crippen molar-refractivity contribution in [2.45, 2.75) is 37.1 Å². The van der Waals surface area contributed by atoms with Crippen LogP contribution in [0.5, 0.6) is 0 Å². The zero-order chi connectivity index (χ0) is 19.3. The van der Waals surface area contributed by atoms with E-state index >= 15 is 0 Å². The third kappa shape index (κ3) is 5.16. The average Bonchev–Trinajstić information content (AvgIpc) is 3.27. The van der Waals surface area contributed by atoms with Gasteiger partial charge in [0.05, 0.1) is 4.90 Å². The van der Waals surface area contributed by atoms with Gasteiger partial charge in [-0.05, 0) is 37.1 Å². The maximum Gasteiger partial charge on any atom is 0.284 e. The summed E-state index contributed by atoms with van der Waals surface area (Å²) >= 11 is 0. The number of hydrogen-bond donors (Lipinski definition) is 1. The average molecular weight is 389 g/mol. The standard InChI is InChI=1S/C18H23N5O3S/c1-22-11-3-8-17(22)21-27(25,26)16-7-2-6-15(14-16)20-18(24)9-4-12-23-13-5-10-19-23/h2,5-7,10,13-14H,3-4,8-9,11-12H2,1H3,(H,20,24)/b21-17+. The molecule has 0 saturated carbocycles. The van der Waals surface area contributed by atoms with Crippen LogP contribution in [0.15, 0.2) is 52.0 Å². The first-order valence-corrected chi connectivity index (χ1v) is 10.3. The highest BCUT2D eigenvalue weighted by Crippen LogP contribution is 2.20. The molecule has 9 heteroatoms. The molecule has 0 bridgehead atoms. The van der Waals surface area contributed by atoms with Crippen LogP contribution in [0.2, 0.25) is 0 Å². The number of anilines is 1. The number of hydrogen-bond acceptors (Lipinski definition) is 4. The third-order valence-corrected chi connectivity index (χ3v) is 5.63. The van der Waals surface area contributed by atoms with Crippen molar-refractivity contribution in [3.05, 3.63) is 42.7 Å². The number of likely N-dealkylation sites (tertiary alicyclic amines) is 1. The normalized spacial score (nSPS) is 16.0. The van der Waals surface area contributed by atoms with E-state index in [0.29, 0.717) is 37.3 Å². The summed E-state index contributed by atoms with van der Waals surface area (Å²) in [4.78, 5) is 14.0. The quantitative estimate of drug-likeness (QED) is 0.782. The summed E-state index contributed by atoms with van der Waals surface area (Å²) in [5.74, 6) is 0.404. The van der Waals surface area contributed by atoms with Crippen molar-refractivity contribution in [2.75, 3.05) is 18.9 Å². The van der Waals surface area contributed by atoms with Gasteiger partial charge in [0.15, 0.2) is 0 Å². The molecule has 144 valence electrons. The second-order valence-electron chi connectivity index (χ2n) is 6.46. The van der Waals surface area contributed by atoms with Gasteiger partial charge >= 0.3 is 0 Å². The molecule has 27 heavy (non-hydrogen) atoms. The fraction of sp³-hybridized carbons (Fsp3) is 0.389. The predicted molar refractivity (Wildman–Crippen MR) is 103 cm³/mol. The Labute approximate surface area is 159 Å². The van der Waals surface area contributed by atoms with Crippen LogP contribution in [0.1, 0.15) is 25.7 Å². The molecule has 0 aliphatic carbocycles. The molecular formula is C18H23N5O3S. The smallest absolute Gasteiger partial charge is 0.284 e. The maximum absolute atomic E-state index is 12.5. The van der Waals surface area contributed by atoms with Crippen LogP contribution in [0, 0.1) is 0 Å². The van der Waals surface area contributed by atoms with E-state index in [0.717, 1.165) is 13.0 Å². The van der Waals surface area contributed by atoms with E-state index in [1.165, 1.54) is 12.1 Å². The Bertz CT molecular complexity index is 922. The Morgan fingerprint density at radius 3 is 2.89 bits per heavy atom. The molecule has 1 aromatic carbocycles. The maximum atomic E-state index is 12.5. The first-order chi connectivity index (χ1) is 12.9. The van der Waals surface area contributed by atoms with Crippen molar-refractivity contribution in [1.29, 1.82) is 0 Å². The molecule has 1 aromatic heterocycles. The molecule has 1 N–H and O–H groups in total. The van der Waals surface area contributed by atoms with Crippen molar-refractivity contribution in [1.82, 2.24) is 14.7 Å². The van der Waals surface area contributed by atoms with Gasteiger partial charge in [-0.25, -0.2) is 0 Å². The number of carbonyl (C=O) groups excluding carboxylic acids is 1. The molecule has 2 aromatic rings. The highest BCUT2D eigenvalue weighted by Gasteiger charge is 2.20. The summed E-state index contributed by atoms with van der Waals surface area (Å²) in [6.45, 7) is 1.46. The number of aryl methyl sites for hydroxylation is 1. The Morgan fingerprint density at radius 2 is 2.19 bits per heavy atom. The highest BCUT2D eigenvalue weighted by molar-refractivity contribution is 7.90. The molecule has 0 spiro atoms. The van der Waals surface area contributed by atoms with Crippen LogP contribution >= 0.6 is 0 Å². The van der Waals surface area contributed by atoms with Crippen molar-refractivity contribution in [2.24, 2.45) is 4.40 Å². The molecular weight excluding hydrogens is 366 g/mol. The molecule has 1 amide bonds. The van der Waals surface area contributed by atoms with E-state index in [1.54, 1.807) is 23.0 Å². The Balaban J connectivity index is 1.62. The number of amidine groups is 1. The number of amides is 1. The Hall–Kier alpha value is -2.68. The second kappa shape index (κ2) is 8.34. The lowest BCUT2D eigenvalue weighted by Gasteiger charge is -2.11. The number of carbonyl (C=O) groups is 1. The van der Waals surface area contributed by atoms with E-state index in [-0.39, 0.29) is 10.8 Å². The number of nitrogens with one attached hydrogen (secondary N) is 1. The van der Waals surface area contributed by atoms with Gasteiger partial charge in [0.25, 0.3) is 10.0 Å². The summed E-state index contributed by atoms with van der Waals surface area (Å²) in [6, 6.07) is 8.03. The van der Waals surface area contributed by atoms with Crippen LogP contribution in [-0.2, 0) is 21.4 Å². The number of benzene rings is 1. The largest absolute Gasteiger partial charge is 0.362 e. The van der Waals surface area contributed by atoms with E-state index in [4.69, 9.17) is 0 Å². The van der Waals surface area contributed by atoms with Crippen molar-refractivity contribution >= 4 is 27.5 Å². The SMILES string of the molecule is CN1CCC/C1=N\S(=O)(=O)c1cccc(NC(=O)CCCn2cccn2)c1. The summed E-state index contributed by atoms with van der Waals surface area (Å²) in [6.07, 6.45) is 6.06. The van der Waals surface area contributed by atoms with Crippen LogP contribution in [-0.4, -0.2) is 48.4 Å². The fourth-order valence-corrected chi connectivity index (χ4v) is 4.03. The molecule has 1 saturated heterocycles. The minimum absolute atomic E-state index is 0.0737. The van der Waals surface area contributed by atoms with Gasteiger partial charge in [-0.3, -0.25) is 9.48 Å². The topological polar surface area (TPSA) is 96.7 Å². The van der Waals surface area contributed by atoms with Crippen molar-refractivity contribution < 1.29 is 13.2 Å². The number of aromatic nitrogens is 2. The first-order valence-electron chi connectivity index (χ1n) is 8.86. The van der Waals surface area contributed by atoms with Gasteiger partial charge in [-0.2, -0.15) is 13.5 Å². The van der Waals surface area contributed by atoms with Gasteiger partial charge in [-0.15, -0.1) is 4.40 Å². The van der Waals surface area contributed by atoms with Gasteiger partial charge in [-0.1, -0.05) is 6.07 Å². The second-order valence-corrected chi connectivity index (χ2v) is 8.06. The zero-order valence-corrected chi connectivity index (χ0v) is 16.0. The summed E-state index contributed by atoms with van der Waals surface area (Å²) in [5, 5.41) is 6.83. The molecule has 1 aliphatic heterocycles. The monoisotopic (exact) mass is 389 g/mol. The van der Waals surface area contributed by atoms with Gasteiger partial charge in [0, 0.05) is 51.1 Å². The van der Waals surface area contributed by atoms with Gasteiger partial charge < -0.3 is 10.2 Å². The number of nitrogens with zero attached hydrogens (tertiary/aromatic N) is 4. The Kier molecular flexibility index (Phi) is 5.90. The summed E-state index contributed by atoms with van der Waals surface area (Å²) in [5.41, 5.74) is 0.445. The van der Waals surface area contributed by atoms with E-state index in [2.05, 4.69) is 14.8 Å². The molecule has 0 unspecified atom stereocenters. The van der Waals surface area contributed by atoms with Crippen LogP contribution in [0.4, 0.5) is 5.69 Å². The third-order valence-electron chi connectivity index (χ3n) is 4.33. The number of rotatable bonds is 7. The molecule has 0 radical (unpaired) electrons. The van der Waals surface area contributed by atoms with Crippen molar-refractivity contribution in [3.8, 4) is 0 Å². The van der Waals surface area contributed by atoms with Crippen LogP contribution < -0.4 is 5.32 Å². The van der Waals surface area contributed by atoms with Gasteiger partial charge in [0.2, 0.25) is 5.91 Å². The fourth-order valence-electron chi connectivity index (χ4n) is 2.89. The molecule has 2 heterocycles. The molecule has 8 nitrogen and oxygen atoms in total. The minimum atomic E-state index is -3.80. The molecule has 0 atom stereocenters. The zero-order valence-electron chi connectivity index (χ0n) is 15.2. The minimum Gasteiger partial charge on any atom is -0.362 e. The van der Waals surface area contributed by atoms with E-state index < -0.39 is 10.0 Å². The first kappa shape index (κ1) is 19.1. The Morgan fingerprint density at radius 1 is 1.33 bits per heavy atom. The summed E-state index contributed by atoms with van der Waals surface area (Å²) in [7, 11) is -1.96. The molecule has 1 fully saturated rings. The predicted octanol–water partition coefficient (Wildman–Crippen LogP) is 2.11. The molecule has 1 aliphatic rings. The lowest BCUT2D eigenvalue weighted by atomic mass is 10.2. The van der Waals surface area contributed by atoms with Crippen LogP contribution in [0.25, 0.3) is 0 Å². The summed E-state index contributed by atoms with van der Waals surface area (Å²) < 4.78 is 30.8.